The van der Waals surface area contributed by atoms with Crippen molar-refractivity contribution in [3.8, 4) is 0 Å². The lowest BCUT2D eigenvalue weighted by atomic mass is 10.2. The van der Waals surface area contributed by atoms with Crippen LogP contribution >= 0.6 is 11.5 Å². The lowest BCUT2D eigenvalue weighted by Gasteiger charge is -2.06. The highest BCUT2D eigenvalue weighted by Crippen LogP contribution is 2.30. The predicted molar refractivity (Wildman–Crippen MR) is 60.8 cm³/mol. The molecule has 0 bridgehead atoms. The van der Waals surface area contributed by atoms with E-state index in [0.29, 0.717) is 14.8 Å². The van der Waals surface area contributed by atoms with E-state index in [2.05, 4.69) is 9.59 Å². The maximum atomic E-state index is 12.4. The molecule has 0 amide bonds. The first-order valence-corrected chi connectivity index (χ1v) is 6.70. The molecule has 18 heavy (non-hydrogen) atoms. The third-order valence-corrected chi connectivity index (χ3v) is 4.81. The molecule has 1 heterocycles. The number of aromatic nitrogens is 2. The van der Waals surface area contributed by atoms with E-state index < -0.39 is 22.5 Å². The molecular formula is C10H7F3N2OS2. The van der Waals surface area contributed by atoms with Crippen LogP contribution in [0, 0.1) is 6.92 Å². The van der Waals surface area contributed by atoms with Crippen LogP contribution in [0.25, 0.3) is 0 Å². The Morgan fingerprint density at radius 2 is 1.83 bits per heavy atom. The topological polar surface area (TPSA) is 42.9 Å². The van der Waals surface area contributed by atoms with E-state index in [1.54, 1.807) is 6.92 Å². The van der Waals surface area contributed by atoms with Gasteiger partial charge in [0.05, 0.1) is 22.1 Å². The van der Waals surface area contributed by atoms with Gasteiger partial charge in [-0.25, -0.2) is 4.21 Å². The van der Waals surface area contributed by atoms with Crippen LogP contribution < -0.4 is 0 Å². The Morgan fingerprint density at radius 1 is 1.22 bits per heavy atom. The van der Waals surface area contributed by atoms with Gasteiger partial charge in [-0.1, -0.05) is 4.49 Å². The van der Waals surface area contributed by atoms with Crippen molar-refractivity contribution in [1.29, 1.82) is 0 Å². The summed E-state index contributed by atoms with van der Waals surface area (Å²) in [5.74, 6) is 0. The van der Waals surface area contributed by atoms with E-state index in [-0.39, 0.29) is 0 Å². The molecule has 1 atom stereocenters. The second-order valence-corrected chi connectivity index (χ2v) is 5.87. The molecule has 1 unspecified atom stereocenters. The lowest BCUT2D eigenvalue weighted by Crippen LogP contribution is -2.04. The van der Waals surface area contributed by atoms with Crippen LogP contribution in [0.1, 0.15) is 11.3 Å². The number of halogens is 3. The summed E-state index contributed by atoms with van der Waals surface area (Å²) in [6.07, 6.45) is -4.39. The SMILES string of the molecule is Cc1nnsc1S(=O)c1ccc(C(F)(F)F)cc1. The molecule has 1 aromatic carbocycles. The molecule has 96 valence electrons. The molecule has 1 aromatic heterocycles. The van der Waals surface area contributed by atoms with E-state index >= 15 is 0 Å². The van der Waals surface area contributed by atoms with Crippen molar-refractivity contribution in [3.05, 3.63) is 35.5 Å². The van der Waals surface area contributed by atoms with Gasteiger partial charge in [0.25, 0.3) is 0 Å². The fourth-order valence-electron chi connectivity index (χ4n) is 1.27. The summed E-state index contributed by atoms with van der Waals surface area (Å²) >= 11 is 0.979. The summed E-state index contributed by atoms with van der Waals surface area (Å²) in [6, 6.07) is 4.24. The van der Waals surface area contributed by atoms with Crippen LogP contribution in [0.4, 0.5) is 13.2 Å². The van der Waals surface area contributed by atoms with Gasteiger partial charge in [0, 0.05) is 4.90 Å². The zero-order chi connectivity index (χ0) is 13.3. The van der Waals surface area contributed by atoms with E-state index in [0.717, 1.165) is 23.7 Å². The molecule has 2 aromatic rings. The smallest absolute Gasteiger partial charge is 0.248 e. The van der Waals surface area contributed by atoms with Gasteiger partial charge in [0.15, 0.2) is 0 Å². The average Bonchev–Trinajstić information content (AvgIpc) is 2.73. The standard InChI is InChI=1S/C10H7F3N2OS2/c1-6-9(17-15-14-6)18(16)8-4-2-7(3-5-8)10(11,12)13/h2-5H,1H3. The number of hydrogen-bond donors (Lipinski definition) is 0. The number of rotatable bonds is 2. The molecule has 0 N–H and O–H groups in total. The van der Waals surface area contributed by atoms with Gasteiger partial charge in [-0.15, -0.1) is 5.10 Å². The number of alkyl halides is 3. The molecule has 3 nitrogen and oxygen atoms in total. The van der Waals surface area contributed by atoms with Crippen LogP contribution in [0.15, 0.2) is 33.4 Å². The molecule has 0 saturated heterocycles. The van der Waals surface area contributed by atoms with Gasteiger partial charge in [0.1, 0.15) is 4.21 Å². The van der Waals surface area contributed by atoms with Crippen LogP contribution in [-0.2, 0) is 17.0 Å². The minimum Gasteiger partial charge on any atom is -0.248 e. The summed E-state index contributed by atoms with van der Waals surface area (Å²) in [6.45, 7) is 1.65. The predicted octanol–water partition coefficient (Wildman–Crippen LogP) is 3.03. The number of aryl methyl sites for hydroxylation is 1. The van der Waals surface area contributed by atoms with E-state index in [9.17, 15) is 17.4 Å². The number of nitrogens with zero attached hydrogens (tertiary/aromatic N) is 2. The van der Waals surface area contributed by atoms with Crippen molar-refractivity contribution >= 4 is 22.3 Å². The molecule has 0 radical (unpaired) electrons. The zero-order valence-corrected chi connectivity index (χ0v) is 10.7. The Morgan fingerprint density at radius 3 is 2.28 bits per heavy atom. The van der Waals surface area contributed by atoms with Gasteiger partial charge < -0.3 is 0 Å². The summed E-state index contributed by atoms with van der Waals surface area (Å²) in [5.41, 5.74) is -0.236. The van der Waals surface area contributed by atoms with Crippen molar-refractivity contribution in [3.63, 3.8) is 0 Å². The Labute approximate surface area is 107 Å². The highest BCUT2D eigenvalue weighted by Gasteiger charge is 2.30. The van der Waals surface area contributed by atoms with Crippen LogP contribution in [0.3, 0.4) is 0 Å². The van der Waals surface area contributed by atoms with Gasteiger partial charge >= 0.3 is 6.18 Å². The van der Waals surface area contributed by atoms with Crippen LogP contribution in [0.2, 0.25) is 0 Å². The molecule has 0 aliphatic heterocycles. The van der Waals surface area contributed by atoms with Crippen molar-refractivity contribution in [2.24, 2.45) is 0 Å². The van der Waals surface area contributed by atoms with Crippen molar-refractivity contribution in [1.82, 2.24) is 9.59 Å². The monoisotopic (exact) mass is 292 g/mol. The molecule has 0 saturated carbocycles. The van der Waals surface area contributed by atoms with Gasteiger partial charge in [-0.2, -0.15) is 13.2 Å². The highest BCUT2D eigenvalue weighted by atomic mass is 32.2. The molecule has 8 heteroatoms. The highest BCUT2D eigenvalue weighted by molar-refractivity contribution is 7.87. The Balaban J connectivity index is 2.31. The minimum atomic E-state index is -4.39. The summed E-state index contributed by atoms with van der Waals surface area (Å²) in [4.78, 5) is 0.303. The molecule has 0 fully saturated rings. The second-order valence-electron chi connectivity index (χ2n) is 3.44. The number of hydrogen-bond acceptors (Lipinski definition) is 4. The molecule has 2 rings (SSSR count). The third kappa shape index (κ3) is 2.59. The summed E-state index contributed by atoms with van der Waals surface area (Å²) in [5, 5.41) is 3.72. The Kier molecular flexibility index (Phi) is 3.49. The third-order valence-electron chi connectivity index (χ3n) is 2.17. The maximum absolute atomic E-state index is 12.4. The van der Waals surface area contributed by atoms with Crippen LogP contribution in [0.5, 0.6) is 0 Å². The van der Waals surface area contributed by atoms with Gasteiger partial charge in [-0.3, -0.25) is 0 Å². The molecule has 0 aliphatic carbocycles. The maximum Gasteiger partial charge on any atom is 0.416 e. The first-order chi connectivity index (χ1) is 8.39. The van der Waals surface area contributed by atoms with E-state index in [4.69, 9.17) is 0 Å². The van der Waals surface area contributed by atoms with Gasteiger partial charge in [0.2, 0.25) is 0 Å². The first-order valence-electron chi connectivity index (χ1n) is 4.77. The van der Waals surface area contributed by atoms with Crippen molar-refractivity contribution in [2.45, 2.75) is 22.2 Å². The number of benzene rings is 1. The zero-order valence-electron chi connectivity index (χ0n) is 9.06. The average molecular weight is 292 g/mol. The fourth-order valence-corrected chi connectivity index (χ4v) is 3.24. The quantitative estimate of drug-likeness (QED) is 0.854. The van der Waals surface area contributed by atoms with Crippen molar-refractivity contribution < 1.29 is 17.4 Å². The van der Waals surface area contributed by atoms with Crippen LogP contribution in [-0.4, -0.2) is 13.8 Å². The van der Waals surface area contributed by atoms with E-state index in [1.807, 2.05) is 0 Å². The Bertz CT molecular complexity index is 578. The van der Waals surface area contributed by atoms with Gasteiger partial charge in [-0.05, 0) is 42.7 Å². The summed E-state index contributed by atoms with van der Waals surface area (Å²) in [7, 11) is -1.54. The van der Waals surface area contributed by atoms with Crippen molar-refractivity contribution in [2.75, 3.05) is 0 Å². The first kappa shape index (κ1) is 13.2. The molecule has 0 aliphatic rings. The lowest BCUT2D eigenvalue weighted by molar-refractivity contribution is -0.137. The largest absolute Gasteiger partial charge is 0.416 e. The normalized spacial score (nSPS) is 13.6. The summed E-state index contributed by atoms with van der Waals surface area (Å²) < 4.78 is 53.2. The second kappa shape index (κ2) is 4.77. The molecule has 0 spiro atoms. The molecular weight excluding hydrogens is 285 g/mol. The minimum absolute atomic E-state index is 0.303. The van der Waals surface area contributed by atoms with E-state index in [1.165, 1.54) is 12.1 Å². The fraction of sp³-hybridized carbons (Fsp3) is 0.200. The Hall–Kier alpha value is -1.28.